The Kier molecular flexibility index (Phi) is 1.71. The molecule has 2 N–H and O–H groups in total. The summed E-state index contributed by atoms with van der Waals surface area (Å²) >= 11 is 0. The lowest BCUT2D eigenvalue weighted by molar-refractivity contribution is -0.113. The van der Waals surface area contributed by atoms with Crippen molar-refractivity contribution >= 4 is 6.41 Å². The fourth-order valence-electron chi connectivity index (χ4n) is 1.08. The van der Waals surface area contributed by atoms with Crippen LogP contribution in [-0.4, -0.2) is 23.7 Å². The first-order valence-electron chi connectivity index (χ1n) is 3.15. The number of carbonyl (C=O) groups excluding carboxylic acids is 1. The van der Waals surface area contributed by atoms with E-state index in [9.17, 15) is 4.79 Å². The van der Waals surface area contributed by atoms with Crippen molar-refractivity contribution in [2.45, 2.75) is 24.8 Å². The normalized spacial score (nSPS) is 22.3. The van der Waals surface area contributed by atoms with Gasteiger partial charge in [-0.15, -0.1) is 0 Å². The summed E-state index contributed by atoms with van der Waals surface area (Å²) in [7, 11) is 0. The molecule has 0 heterocycles. The molecule has 1 fully saturated rings. The van der Waals surface area contributed by atoms with E-state index >= 15 is 0 Å². The molecule has 1 amide bonds. The van der Waals surface area contributed by atoms with Gasteiger partial charge in [-0.2, -0.15) is 0 Å². The highest BCUT2D eigenvalue weighted by Gasteiger charge is 2.35. The Morgan fingerprint density at radius 1 is 1.67 bits per heavy atom. The molecule has 0 spiro atoms. The highest BCUT2D eigenvalue weighted by Crippen LogP contribution is 2.30. The summed E-state index contributed by atoms with van der Waals surface area (Å²) in [4.78, 5) is 9.95. The molecule has 0 aliphatic heterocycles. The van der Waals surface area contributed by atoms with Gasteiger partial charge in [-0.25, -0.2) is 0 Å². The van der Waals surface area contributed by atoms with Crippen LogP contribution in [0.1, 0.15) is 19.3 Å². The largest absolute Gasteiger partial charge is 0.394 e. The van der Waals surface area contributed by atoms with Crippen molar-refractivity contribution in [1.29, 1.82) is 0 Å². The molecule has 0 atom stereocenters. The van der Waals surface area contributed by atoms with Gasteiger partial charge < -0.3 is 10.4 Å². The Balaban J connectivity index is 2.36. The smallest absolute Gasteiger partial charge is 0.207 e. The Morgan fingerprint density at radius 2 is 2.33 bits per heavy atom. The summed E-state index contributed by atoms with van der Waals surface area (Å²) in [6.45, 7) is 0.0751. The minimum absolute atomic E-state index is 0.0751. The minimum Gasteiger partial charge on any atom is -0.394 e. The van der Waals surface area contributed by atoms with Gasteiger partial charge in [-0.3, -0.25) is 4.79 Å². The lowest BCUT2D eigenvalue weighted by Crippen LogP contribution is -2.53. The van der Waals surface area contributed by atoms with E-state index < -0.39 is 0 Å². The molecular formula is C6H11NO2. The number of carbonyl (C=O) groups is 1. The zero-order chi connectivity index (χ0) is 6.74. The molecule has 0 radical (unpaired) electrons. The molecule has 3 heteroatoms. The average molecular weight is 129 g/mol. The summed E-state index contributed by atoms with van der Waals surface area (Å²) in [5, 5.41) is 11.4. The molecule has 0 aromatic carbocycles. The monoisotopic (exact) mass is 129 g/mol. The van der Waals surface area contributed by atoms with Crippen molar-refractivity contribution in [3.05, 3.63) is 0 Å². The molecule has 0 bridgehead atoms. The maximum Gasteiger partial charge on any atom is 0.207 e. The highest BCUT2D eigenvalue weighted by atomic mass is 16.3. The fourth-order valence-corrected chi connectivity index (χ4v) is 1.08. The van der Waals surface area contributed by atoms with Gasteiger partial charge in [0.1, 0.15) is 0 Å². The molecule has 1 rings (SSSR count). The molecule has 0 saturated heterocycles. The summed E-state index contributed by atoms with van der Waals surface area (Å²) in [5.74, 6) is 0. The van der Waals surface area contributed by atoms with Crippen molar-refractivity contribution in [2.75, 3.05) is 6.61 Å². The number of aliphatic hydroxyl groups excluding tert-OH is 1. The zero-order valence-corrected chi connectivity index (χ0v) is 5.26. The third-order valence-corrected chi connectivity index (χ3v) is 1.98. The number of rotatable bonds is 3. The highest BCUT2D eigenvalue weighted by molar-refractivity contribution is 5.48. The predicted octanol–water partition coefficient (Wildman–Crippen LogP) is -0.353. The lowest BCUT2D eigenvalue weighted by Gasteiger charge is -2.39. The van der Waals surface area contributed by atoms with Crippen LogP contribution in [0.4, 0.5) is 0 Å². The number of nitrogens with one attached hydrogen (secondary N) is 1. The fraction of sp³-hybridized carbons (Fsp3) is 0.833. The summed E-state index contributed by atoms with van der Waals surface area (Å²) in [6.07, 6.45) is 3.61. The van der Waals surface area contributed by atoms with Gasteiger partial charge in [0.05, 0.1) is 12.1 Å². The van der Waals surface area contributed by atoms with E-state index in [0.29, 0.717) is 6.41 Å². The maximum absolute atomic E-state index is 9.95. The SMILES string of the molecule is O=CNC1(CO)CCC1. The lowest BCUT2D eigenvalue weighted by atomic mass is 9.78. The van der Waals surface area contributed by atoms with Crippen molar-refractivity contribution in [3.8, 4) is 0 Å². The van der Waals surface area contributed by atoms with E-state index in [-0.39, 0.29) is 12.1 Å². The van der Waals surface area contributed by atoms with Crippen LogP contribution in [0.15, 0.2) is 0 Å². The Bertz CT molecular complexity index is 104. The first-order chi connectivity index (χ1) is 4.33. The molecule has 52 valence electrons. The first kappa shape index (κ1) is 6.55. The van der Waals surface area contributed by atoms with Crippen LogP contribution in [0.5, 0.6) is 0 Å². The predicted molar refractivity (Wildman–Crippen MR) is 32.9 cm³/mol. The van der Waals surface area contributed by atoms with Crippen LogP contribution < -0.4 is 5.32 Å². The minimum atomic E-state index is -0.248. The molecule has 1 aliphatic carbocycles. The molecule has 0 aromatic rings. The van der Waals surface area contributed by atoms with Gasteiger partial charge in [-0.05, 0) is 19.3 Å². The number of aliphatic hydroxyl groups is 1. The summed E-state index contributed by atoms with van der Waals surface area (Å²) in [5.41, 5.74) is -0.248. The van der Waals surface area contributed by atoms with Crippen LogP contribution in [0.2, 0.25) is 0 Å². The maximum atomic E-state index is 9.95. The van der Waals surface area contributed by atoms with Crippen molar-refractivity contribution < 1.29 is 9.90 Å². The van der Waals surface area contributed by atoms with Gasteiger partial charge in [0.15, 0.2) is 0 Å². The molecule has 9 heavy (non-hydrogen) atoms. The van der Waals surface area contributed by atoms with E-state index in [1.165, 1.54) is 0 Å². The van der Waals surface area contributed by atoms with Crippen LogP contribution in [-0.2, 0) is 4.79 Å². The van der Waals surface area contributed by atoms with E-state index in [2.05, 4.69) is 5.32 Å². The van der Waals surface area contributed by atoms with Crippen LogP contribution in [0.3, 0.4) is 0 Å². The third kappa shape index (κ3) is 1.05. The second-order valence-corrected chi connectivity index (χ2v) is 2.55. The zero-order valence-electron chi connectivity index (χ0n) is 5.26. The third-order valence-electron chi connectivity index (χ3n) is 1.98. The van der Waals surface area contributed by atoms with Crippen LogP contribution in [0, 0.1) is 0 Å². The topological polar surface area (TPSA) is 49.3 Å². The van der Waals surface area contributed by atoms with Crippen molar-refractivity contribution in [1.82, 2.24) is 5.32 Å². The van der Waals surface area contributed by atoms with E-state index in [1.54, 1.807) is 0 Å². The first-order valence-corrected chi connectivity index (χ1v) is 3.15. The molecule has 3 nitrogen and oxygen atoms in total. The van der Waals surface area contributed by atoms with E-state index in [4.69, 9.17) is 5.11 Å². The van der Waals surface area contributed by atoms with Gasteiger partial charge in [-0.1, -0.05) is 0 Å². The summed E-state index contributed by atoms with van der Waals surface area (Å²) in [6, 6.07) is 0. The van der Waals surface area contributed by atoms with E-state index in [1.807, 2.05) is 0 Å². The molecule has 0 unspecified atom stereocenters. The molecule has 1 saturated carbocycles. The van der Waals surface area contributed by atoms with E-state index in [0.717, 1.165) is 19.3 Å². The van der Waals surface area contributed by atoms with Crippen molar-refractivity contribution in [3.63, 3.8) is 0 Å². The Hall–Kier alpha value is -0.570. The van der Waals surface area contributed by atoms with Gasteiger partial charge in [0.2, 0.25) is 6.41 Å². The van der Waals surface area contributed by atoms with Crippen LogP contribution in [0.25, 0.3) is 0 Å². The number of hydrogen-bond donors (Lipinski definition) is 2. The number of hydrogen-bond acceptors (Lipinski definition) is 2. The van der Waals surface area contributed by atoms with Gasteiger partial charge in [0.25, 0.3) is 0 Å². The number of amides is 1. The van der Waals surface area contributed by atoms with Gasteiger partial charge >= 0.3 is 0 Å². The second kappa shape index (κ2) is 2.35. The Labute approximate surface area is 54.1 Å². The van der Waals surface area contributed by atoms with Crippen molar-refractivity contribution in [2.24, 2.45) is 0 Å². The summed E-state index contributed by atoms with van der Waals surface area (Å²) < 4.78 is 0. The average Bonchev–Trinajstić information content (AvgIpc) is 1.79. The standard InChI is InChI=1S/C6H11NO2/c8-4-6(7-5-9)2-1-3-6/h5,8H,1-4H2,(H,7,9). The molecular weight excluding hydrogens is 118 g/mol. The molecule has 1 aliphatic rings. The van der Waals surface area contributed by atoms with Gasteiger partial charge in [0, 0.05) is 0 Å². The molecule has 0 aromatic heterocycles. The quantitative estimate of drug-likeness (QED) is 0.511. The Morgan fingerprint density at radius 3 is 2.44 bits per heavy atom. The van der Waals surface area contributed by atoms with Crippen LogP contribution >= 0.6 is 0 Å². The second-order valence-electron chi connectivity index (χ2n) is 2.55.